The van der Waals surface area contributed by atoms with Crippen LogP contribution in [0.15, 0.2) is 24.3 Å². The number of rotatable bonds is 6. The van der Waals surface area contributed by atoms with E-state index in [9.17, 15) is 13.9 Å². The first kappa shape index (κ1) is 16.2. The molecule has 0 radical (unpaired) electrons. The summed E-state index contributed by atoms with van der Waals surface area (Å²) in [4.78, 5) is 0. The van der Waals surface area contributed by atoms with Crippen LogP contribution in [0.4, 0.5) is 8.78 Å². The fourth-order valence-electron chi connectivity index (χ4n) is 3.14. The van der Waals surface area contributed by atoms with Gasteiger partial charge in [-0.05, 0) is 25.8 Å². The fraction of sp³-hybridized carbons (Fsp3) is 0.625. The van der Waals surface area contributed by atoms with E-state index in [-0.39, 0.29) is 29.9 Å². The van der Waals surface area contributed by atoms with Gasteiger partial charge in [0.05, 0.1) is 0 Å². The van der Waals surface area contributed by atoms with Crippen LogP contribution in [-0.2, 0) is 0 Å². The Labute approximate surface area is 124 Å². The Morgan fingerprint density at radius 1 is 1.43 bits per heavy atom. The Morgan fingerprint density at radius 3 is 2.81 bits per heavy atom. The van der Waals surface area contributed by atoms with E-state index in [0.29, 0.717) is 5.56 Å². The molecule has 1 aliphatic carbocycles. The van der Waals surface area contributed by atoms with Gasteiger partial charge in [-0.25, -0.2) is 0 Å². The summed E-state index contributed by atoms with van der Waals surface area (Å²) in [5, 5.41) is 13.1. The van der Waals surface area contributed by atoms with Gasteiger partial charge in [0.15, 0.2) is 0 Å². The van der Waals surface area contributed by atoms with Gasteiger partial charge in [-0.3, -0.25) is 0 Å². The number of hydrogen-bond acceptors (Lipinski definition) is 3. The quantitative estimate of drug-likeness (QED) is 0.845. The van der Waals surface area contributed by atoms with Crippen LogP contribution in [0.3, 0.4) is 0 Å². The standard InChI is InChI=1S/C16H23F2NO2/c1-11(19-14-8-5-9-16(14,2)10-20)12-6-3-4-7-13(12)21-15(17)18/h3-4,6-7,11,14-15,19-20H,5,8-10H2,1-2H3. The second-order valence-corrected chi connectivity index (χ2v) is 6.06. The highest BCUT2D eigenvalue weighted by Crippen LogP contribution is 2.39. The summed E-state index contributed by atoms with van der Waals surface area (Å²) in [5.74, 6) is 0.205. The van der Waals surface area contributed by atoms with Gasteiger partial charge in [-0.2, -0.15) is 8.78 Å². The maximum Gasteiger partial charge on any atom is 0.387 e. The molecule has 3 unspecified atom stereocenters. The smallest absolute Gasteiger partial charge is 0.387 e. The zero-order valence-electron chi connectivity index (χ0n) is 12.5. The number of ether oxygens (including phenoxy) is 1. The van der Waals surface area contributed by atoms with E-state index in [1.54, 1.807) is 18.2 Å². The Bertz CT molecular complexity index is 469. The molecule has 0 saturated heterocycles. The second-order valence-electron chi connectivity index (χ2n) is 6.06. The molecule has 2 rings (SSSR count). The molecule has 0 amide bonds. The zero-order chi connectivity index (χ0) is 15.5. The molecule has 0 heterocycles. The zero-order valence-corrected chi connectivity index (χ0v) is 12.5. The lowest BCUT2D eigenvalue weighted by atomic mass is 9.85. The lowest BCUT2D eigenvalue weighted by Gasteiger charge is -2.33. The summed E-state index contributed by atoms with van der Waals surface area (Å²) in [6.45, 7) is 1.30. The summed E-state index contributed by atoms with van der Waals surface area (Å²) in [5.41, 5.74) is 0.567. The maximum atomic E-state index is 12.5. The van der Waals surface area contributed by atoms with Crippen molar-refractivity contribution in [3.05, 3.63) is 29.8 Å². The summed E-state index contributed by atoms with van der Waals surface area (Å²) in [7, 11) is 0. The minimum Gasteiger partial charge on any atom is -0.434 e. The molecule has 0 bridgehead atoms. The van der Waals surface area contributed by atoms with Crippen LogP contribution in [0, 0.1) is 5.41 Å². The monoisotopic (exact) mass is 299 g/mol. The van der Waals surface area contributed by atoms with Gasteiger partial charge in [0, 0.05) is 29.7 Å². The molecule has 1 aromatic rings. The van der Waals surface area contributed by atoms with E-state index in [4.69, 9.17) is 0 Å². The molecule has 1 fully saturated rings. The van der Waals surface area contributed by atoms with Crippen molar-refractivity contribution < 1.29 is 18.6 Å². The van der Waals surface area contributed by atoms with Crippen molar-refractivity contribution >= 4 is 0 Å². The summed E-state index contributed by atoms with van der Waals surface area (Å²) in [6.07, 6.45) is 3.03. The van der Waals surface area contributed by atoms with Crippen molar-refractivity contribution in [1.82, 2.24) is 5.32 Å². The molecule has 0 spiro atoms. The SMILES string of the molecule is CC(NC1CCCC1(C)CO)c1ccccc1OC(F)F. The lowest BCUT2D eigenvalue weighted by Crippen LogP contribution is -2.43. The van der Waals surface area contributed by atoms with E-state index in [1.807, 2.05) is 13.0 Å². The van der Waals surface area contributed by atoms with Crippen LogP contribution in [0.5, 0.6) is 5.75 Å². The highest BCUT2D eigenvalue weighted by molar-refractivity contribution is 5.35. The van der Waals surface area contributed by atoms with Gasteiger partial charge < -0.3 is 15.2 Å². The van der Waals surface area contributed by atoms with Gasteiger partial charge >= 0.3 is 6.61 Å². The number of benzene rings is 1. The molecular formula is C16H23F2NO2. The summed E-state index contributed by atoms with van der Waals surface area (Å²) < 4.78 is 29.5. The Balaban J connectivity index is 2.12. The molecule has 1 saturated carbocycles. The van der Waals surface area contributed by atoms with E-state index in [0.717, 1.165) is 19.3 Å². The Morgan fingerprint density at radius 2 is 2.14 bits per heavy atom. The van der Waals surface area contributed by atoms with Crippen molar-refractivity contribution in [3.63, 3.8) is 0 Å². The molecule has 118 valence electrons. The average Bonchev–Trinajstić information content (AvgIpc) is 2.81. The fourth-order valence-corrected chi connectivity index (χ4v) is 3.14. The van der Waals surface area contributed by atoms with Crippen LogP contribution in [0.2, 0.25) is 0 Å². The van der Waals surface area contributed by atoms with Crippen LogP contribution in [-0.4, -0.2) is 24.4 Å². The van der Waals surface area contributed by atoms with Gasteiger partial charge in [0.2, 0.25) is 0 Å². The maximum absolute atomic E-state index is 12.5. The van der Waals surface area contributed by atoms with Crippen LogP contribution < -0.4 is 10.1 Å². The third kappa shape index (κ3) is 3.71. The van der Waals surface area contributed by atoms with E-state index in [1.165, 1.54) is 0 Å². The Kier molecular flexibility index (Phi) is 5.17. The van der Waals surface area contributed by atoms with Crippen molar-refractivity contribution in [3.8, 4) is 5.75 Å². The van der Waals surface area contributed by atoms with Gasteiger partial charge in [0.1, 0.15) is 5.75 Å². The lowest BCUT2D eigenvalue weighted by molar-refractivity contribution is -0.0507. The molecule has 3 nitrogen and oxygen atoms in total. The number of nitrogens with one attached hydrogen (secondary N) is 1. The highest BCUT2D eigenvalue weighted by atomic mass is 19.3. The minimum absolute atomic E-state index is 0.117. The first-order chi connectivity index (χ1) is 9.96. The predicted molar refractivity (Wildman–Crippen MR) is 77.5 cm³/mol. The van der Waals surface area contributed by atoms with Crippen LogP contribution in [0.25, 0.3) is 0 Å². The van der Waals surface area contributed by atoms with Gasteiger partial charge in [-0.15, -0.1) is 0 Å². The molecule has 0 aliphatic heterocycles. The van der Waals surface area contributed by atoms with Crippen molar-refractivity contribution in [2.24, 2.45) is 5.41 Å². The molecule has 21 heavy (non-hydrogen) atoms. The topological polar surface area (TPSA) is 41.5 Å². The molecule has 0 aromatic heterocycles. The van der Waals surface area contributed by atoms with Crippen LogP contribution >= 0.6 is 0 Å². The number of alkyl halides is 2. The number of aliphatic hydroxyl groups excluding tert-OH is 1. The van der Waals surface area contributed by atoms with Crippen molar-refractivity contribution in [1.29, 1.82) is 0 Å². The number of hydrogen-bond donors (Lipinski definition) is 2. The molecule has 2 N–H and O–H groups in total. The third-order valence-corrected chi connectivity index (χ3v) is 4.50. The van der Waals surface area contributed by atoms with Crippen molar-refractivity contribution in [2.45, 2.75) is 51.8 Å². The van der Waals surface area contributed by atoms with E-state index >= 15 is 0 Å². The second kappa shape index (κ2) is 6.71. The van der Waals surface area contributed by atoms with E-state index in [2.05, 4.69) is 17.0 Å². The third-order valence-electron chi connectivity index (χ3n) is 4.50. The molecule has 3 atom stereocenters. The first-order valence-electron chi connectivity index (χ1n) is 7.37. The number of aliphatic hydroxyl groups is 1. The number of halogens is 2. The normalized spacial score (nSPS) is 27.0. The highest BCUT2D eigenvalue weighted by Gasteiger charge is 2.38. The minimum atomic E-state index is -2.83. The molecule has 1 aromatic carbocycles. The predicted octanol–water partition coefficient (Wildman–Crippen LogP) is 3.49. The van der Waals surface area contributed by atoms with Crippen LogP contribution in [0.1, 0.15) is 44.7 Å². The van der Waals surface area contributed by atoms with E-state index < -0.39 is 6.61 Å². The van der Waals surface area contributed by atoms with Gasteiger partial charge in [0.25, 0.3) is 0 Å². The first-order valence-corrected chi connectivity index (χ1v) is 7.37. The van der Waals surface area contributed by atoms with Gasteiger partial charge in [-0.1, -0.05) is 31.5 Å². The summed E-state index contributed by atoms with van der Waals surface area (Å²) in [6, 6.07) is 6.90. The number of para-hydroxylation sites is 1. The summed E-state index contributed by atoms with van der Waals surface area (Å²) >= 11 is 0. The van der Waals surface area contributed by atoms with Crippen molar-refractivity contribution in [2.75, 3.05) is 6.61 Å². The Hall–Kier alpha value is -1.20. The average molecular weight is 299 g/mol. The molecular weight excluding hydrogens is 276 g/mol. The molecule has 5 heteroatoms. The largest absolute Gasteiger partial charge is 0.434 e. The molecule has 1 aliphatic rings.